The Bertz CT molecular complexity index is 434. The first-order valence-corrected chi connectivity index (χ1v) is 7.75. The Morgan fingerprint density at radius 2 is 2.35 bits per heavy atom. The van der Waals surface area contributed by atoms with Gasteiger partial charge >= 0.3 is 0 Å². The van der Waals surface area contributed by atoms with Crippen LogP contribution in [-0.4, -0.2) is 42.3 Å². The lowest BCUT2D eigenvalue weighted by atomic mass is 10.0. The van der Waals surface area contributed by atoms with Crippen molar-refractivity contribution in [2.24, 2.45) is 5.92 Å². The summed E-state index contributed by atoms with van der Waals surface area (Å²) in [4.78, 5) is 11.3. The molecule has 0 spiro atoms. The van der Waals surface area contributed by atoms with Crippen LogP contribution in [0.25, 0.3) is 0 Å². The topological polar surface area (TPSA) is 50.3 Å². The normalized spacial score (nSPS) is 26.8. The molecule has 0 radical (unpaired) electrons. The van der Waals surface area contributed by atoms with Crippen LogP contribution >= 0.6 is 0 Å². The molecule has 3 rings (SSSR count). The van der Waals surface area contributed by atoms with Gasteiger partial charge in [0.05, 0.1) is 6.10 Å². The van der Waals surface area contributed by atoms with Gasteiger partial charge in [0.15, 0.2) is 0 Å². The average molecular weight is 276 g/mol. The van der Waals surface area contributed by atoms with Gasteiger partial charge in [0.2, 0.25) is 5.95 Å². The predicted octanol–water partition coefficient (Wildman–Crippen LogP) is 2.30. The molecule has 20 heavy (non-hydrogen) atoms. The second kappa shape index (κ2) is 6.39. The summed E-state index contributed by atoms with van der Waals surface area (Å²) in [5.41, 5.74) is 0. The van der Waals surface area contributed by atoms with Crippen molar-refractivity contribution < 1.29 is 4.74 Å². The number of nitrogens with zero attached hydrogens (tertiary/aromatic N) is 3. The molecule has 1 N–H and O–H groups in total. The molecule has 0 saturated carbocycles. The van der Waals surface area contributed by atoms with Gasteiger partial charge in [-0.2, -0.15) is 4.98 Å². The highest BCUT2D eigenvalue weighted by atomic mass is 16.5. The number of hydrogen-bond donors (Lipinski definition) is 1. The highest BCUT2D eigenvalue weighted by Crippen LogP contribution is 2.21. The number of ether oxygens (including phenoxy) is 1. The third kappa shape index (κ3) is 3.39. The largest absolute Gasteiger partial charge is 0.376 e. The lowest BCUT2D eigenvalue weighted by Gasteiger charge is -2.31. The van der Waals surface area contributed by atoms with Gasteiger partial charge in [-0.1, -0.05) is 6.92 Å². The van der Waals surface area contributed by atoms with Crippen molar-refractivity contribution in [1.82, 2.24) is 9.97 Å². The van der Waals surface area contributed by atoms with Crippen LogP contribution < -0.4 is 10.2 Å². The summed E-state index contributed by atoms with van der Waals surface area (Å²) >= 11 is 0. The first-order chi connectivity index (χ1) is 9.81. The highest BCUT2D eigenvalue weighted by molar-refractivity contribution is 5.42. The molecule has 1 aromatic rings. The van der Waals surface area contributed by atoms with Gasteiger partial charge in [-0.25, -0.2) is 4.98 Å². The molecule has 5 heteroatoms. The lowest BCUT2D eigenvalue weighted by Crippen LogP contribution is -2.35. The van der Waals surface area contributed by atoms with Crippen LogP contribution in [-0.2, 0) is 4.74 Å². The Labute approximate surface area is 120 Å². The van der Waals surface area contributed by atoms with Crippen molar-refractivity contribution in [2.75, 3.05) is 36.5 Å². The van der Waals surface area contributed by atoms with E-state index in [1.807, 2.05) is 12.3 Å². The van der Waals surface area contributed by atoms with E-state index in [4.69, 9.17) is 4.74 Å². The SMILES string of the molecule is CC1CCCN(c2ccnc(NCC3CCCO3)n2)C1. The Morgan fingerprint density at radius 3 is 3.15 bits per heavy atom. The number of hydrogen-bond acceptors (Lipinski definition) is 5. The molecule has 2 aliphatic rings. The van der Waals surface area contributed by atoms with E-state index in [1.165, 1.54) is 19.3 Å². The van der Waals surface area contributed by atoms with Crippen molar-refractivity contribution in [1.29, 1.82) is 0 Å². The van der Waals surface area contributed by atoms with Gasteiger partial charge < -0.3 is 15.0 Å². The second-order valence-corrected chi connectivity index (χ2v) is 5.95. The van der Waals surface area contributed by atoms with Crippen LogP contribution in [0.3, 0.4) is 0 Å². The minimum Gasteiger partial charge on any atom is -0.376 e. The van der Waals surface area contributed by atoms with Crippen molar-refractivity contribution in [3.63, 3.8) is 0 Å². The maximum absolute atomic E-state index is 5.61. The maximum atomic E-state index is 5.61. The zero-order chi connectivity index (χ0) is 13.8. The first-order valence-electron chi connectivity index (χ1n) is 7.75. The van der Waals surface area contributed by atoms with E-state index in [0.717, 1.165) is 50.3 Å². The van der Waals surface area contributed by atoms with Gasteiger partial charge in [0, 0.05) is 32.4 Å². The Kier molecular flexibility index (Phi) is 4.35. The molecular formula is C15H24N4O. The van der Waals surface area contributed by atoms with Gasteiger partial charge in [-0.3, -0.25) is 0 Å². The van der Waals surface area contributed by atoms with Crippen molar-refractivity contribution in [3.8, 4) is 0 Å². The molecule has 0 aliphatic carbocycles. The molecule has 2 atom stereocenters. The summed E-state index contributed by atoms with van der Waals surface area (Å²) in [5.74, 6) is 2.51. The van der Waals surface area contributed by atoms with Crippen LogP contribution in [0.15, 0.2) is 12.3 Å². The minimum absolute atomic E-state index is 0.317. The third-order valence-electron chi connectivity index (χ3n) is 4.13. The van der Waals surface area contributed by atoms with Crippen molar-refractivity contribution in [2.45, 2.75) is 38.7 Å². The fourth-order valence-corrected chi connectivity index (χ4v) is 3.02. The summed E-state index contributed by atoms with van der Waals surface area (Å²) in [6.45, 7) is 6.21. The minimum atomic E-state index is 0.317. The van der Waals surface area contributed by atoms with E-state index in [-0.39, 0.29) is 0 Å². The molecule has 0 bridgehead atoms. The van der Waals surface area contributed by atoms with Crippen molar-refractivity contribution in [3.05, 3.63) is 12.3 Å². The van der Waals surface area contributed by atoms with Crippen LogP contribution in [0.2, 0.25) is 0 Å². The molecule has 2 saturated heterocycles. The fourth-order valence-electron chi connectivity index (χ4n) is 3.02. The number of rotatable bonds is 4. The molecule has 2 aliphatic heterocycles. The van der Waals surface area contributed by atoms with E-state index in [2.05, 4.69) is 27.1 Å². The molecule has 5 nitrogen and oxygen atoms in total. The second-order valence-electron chi connectivity index (χ2n) is 5.95. The van der Waals surface area contributed by atoms with Gasteiger partial charge in [0.25, 0.3) is 0 Å². The number of piperidine rings is 1. The van der Waals surface area contributed by atoms with Crippen LogP contribution in [0, 0.1) is 5.92 Å². The lowest BCUT2D eigenvalue weighted by molar-refractivity contribution is 0.120. The van der Waals surface area contributed by atoms with Gasteiger partial charge in [-0.15, -0.1) is 0 Å². The molecule has 1 aromatic heterocycles. The van der Waals surface area contributed by atoms with Gasteiger partial charge in [-0.05, 0) is 37.7 Å². The molecule has 2 unspecified atom stereocenters. The summed E-state index contributed by atoms with van der Waals surface area (Å²) in [6.07, 6.45) is 7.04. The van der Waals surface area contributed by atoms with E-state index in [9.17, 15) is 0 Å². The summed E-state index contributed by atoms with van der Waals surface area (Å²) in [6, 6.07) is 2.01. The van der Waals surface area contributed by atoms with E-state index in [1.54, 1.807) is 0 Å². The third-order valence-corrected chi connectivity index (χ3v) is 4.13. The Hall–Kier alpha value is -1.36. The zero-order valence-corrected chi connectivity index (χ0v) is 12.2. The molecule has 3 heterocycles. The van der Waals surface area contributed by atoms with E-state index in [0.29, 0.717) is 6.10 Å². The summed E-state index contributed by atoms with van der Waals surface area (Å²) in [7, 11) is 0. The quantitative estimate of drug-likeness (QED) is 0.914. The monoisotopic (exact) mass is 276 g/mol. The molecule has 110 valence electrons. The van der Waals surface area contributed by atoms with Crippen molar-refractivity contribution >= 4 is 11.8 Å². The van der Waals surface area contributed by atoms with E-state index >= 15 is 0 Å². The molecule has 2 fully saturated rings. The number of anilines is 2. The van der Waals surface area contributed by atoms with Crippen LogP contribution in [0.4, 0.5) is 11.8 Å². The Morgan fingerprint density at radius 1 is 1.40 bits per heavy atom. The molecule has 0 aromatic carbocycles. The average Bonchev–Trinajstić information content (AvgIpc) is 2.99. The van der Waals surface area contributed by atoms with Crippen LogP contribution in [0.1, 0.15) is 32.6 Å². The summed E-state index contributed by atoms with van der Waals surface area (Å²) in [5, 5.41) is 3.30. The molecule has 0 amide bonds. The first kappa shape index (κ1) is 13.6. The zero-order valence-electron chi connectivity index (χ0n) is 12.2. The van der Waals surface area contributed by atoms with E-state index < -0.39 is 0 Å². The predicted molar refractivity (Wildman–Crippen MR) is 80.1 cm³/mol. The number of aromatic nitrogens is 2. The summed E-state index contributed by atoms with van der Waals surface area (Å²) < 4.78 is 5.61. The fraction of sp³-hybridized carbons (Fsp3) is 0.733. The standard InChI is InChI=1S/C15H24N4O/c1-12-4-2-8-19(11-12)14-6-7-16-15(18-14)17-10-13-5-3-9-20-13/h6-7,12-13H,2-5,8-11H2,1H3,(H,16,17,18). The maximum Gasteiger partial charge on any atom is 0.224 e. The Balaban J connectivity index is 1.59. The highest BCUT2D eigenvalue weighted by Gasteiger charge is 2.18. The molecular weight excluding hydrogens is 252 g/mol. The van der Waals surface area contributed by atoms with Crippen LogP contribution in [0.5, 0.6) is 0 Å². The smallest absolute Gasteiger partial charge is 0.224 e. The number of nitrogens with one attached hydrogen (secondary N) is 1. The van der Waals surface area contributed by atoms with Gasteiger partial charge in [0.1, 0.15) is 5.82 Å².